The van der Waals surface area contributed by atoms with Crippen LogP contribution in [0.5, 0.6) is 5.75 Å². The number of methoxy groups -OCH3 is 1. The molecular formula is C33H37ClF3N3O5S. The Morgan fingerprint density at radius 2 is 1.72 bits per heavy atom. The van der Waals surface area contributed by atoms with Gasteiger partial charge in [0.15, 0.2) is 0 Å². The van der Waals surface area contributed by atoms with Gasteiger partial charge in [0.25, 0.3) is 10.0 Å². The van der Waals surface area contributed by atoms with E-state index in [0.29, 0.717) is 21.7 Å². The largest absolute Gasteiger partial charge is 0.497 e. The van der Waals surface area contributed by atoms with Gasteiger partial charge in [0.1, 0.15) is 18.3 Å². The van der Waals surface area contributed by atoms with Crippen molar-refractivity contribution in [3.8, 4) is 5.75 Å². The van der Waals surface area contributed by atoms with Crippen LogP contribution in [-0.4, -0.2) is 50.9 Å². The highest BCUT2D eigenvalue weighted by atomic mass is 35.5. The van der Waals surface area contributed by atoms with E-state index in [9.17, 15) is 31.2 Å². The van der Waals surface area contributed by atoms with E-state index in [1.165, 1.54) is 24.1 Å². The molecule has 1 atom stereocenters. The Balaban J connectivity index is 1.79. The summed E-state index contributed by atoms with van der Waals surface area (Å²) in [6, 6.07) is 14.2. The van der Waals surface area contributed by atoms with Crippen LogP contribution in [0.1, 0.15) is 55.7 Å². The predicted octanol–water partition coefficient (Wildman–Crippen LogP) is 6.74. The number of sulfonamides is 1. The summed E-state index contributed by atoms with van der Waals surface area (Å²) in [4.78, 5) is 28.9. The second-order valence-electron chi connectivity index (χ2n) is 11.3. The van der Waals surface area contributed by atoms with Gasteiger partial charge in [-0.05, 0) is 74.2 Å². The number of benzene rings is 3. The van der Waals surface area contributed by atoms with Gasteiger partial charge < -0.3 is 15.0 Å². The van der Waals surface area contributed by atoms with Crippen LogP contribution in [0.4, 0.5) is 18.9 Å². The lowest BCUT2D eigenvalue weighted by atomic mass is 10.1. The molecule has 0 spiro atoms. The minimum atomic E-state index is -4.89. The first-order valence-electron chi connectivity index (χ1n) is 14.9. The molecule has 0 radical (unpaired) electrons. The van der Waals surface area contributed by atoms with Gasteiger partial charge in [-0.25, -0.2) is 8.42 Å². The maximum absolute atomic E-state index is 14.3. The lowest BCUT2D eigenvalue weighted by Crippen LogP contribution is -2.53. The standard InChI is InChI=1S/C33H37ClF3N3O5S/c1-4-30(32(42)38-24-9-5-6-10-24)39(20-23-8-7-11-26(18-23)45-3)31(41)21-40(46(43,44)27-15-12-22(2)13-16-27)25-14-17-29(34)28(19-25)33(35,36)37/h7-8,11-19,24,30H,4-6,9-10,20-21H2,1-3H3,(H,38,42)/t30-/m0/s1. The number of alkyl halides is 3. The molecule has 1 aliphatic carbocycles. The number of hydrogen-bond donors (Lipinski definition) is 1. The summed E-state index contributed by atoms with van der Waals surface area (Å²) in [7, 11) is -3.09. The second kappa shape index (κ2) is 14.8. The molecule has 1 N–H and O–H groups in total. The Morgan fingerprint density at radius 1 is 1.04 bits per heavy atom. The van der Waals surface area contributed by atoms with Crippen LogP contribution in [0.3, 0.4) is 0 Å². The number of hydrogen-bond acceptors (Lipinski definition) is 5. The van der Waals surface area contributed by atoms with E-state index < -0.39 is 51.0 Å². The number of ether oxygens (including phenoxy) is 1. The highest BCUT2D eigenvalue weighted by molar-refractivity contribution is 7.92. The Bertz CT molecular complexity index is 1640. The summed E-state index contributed by atoms with van der Waals surface area (Å²) in [5.41, 5.74) is -0.288. The van der Waals surface area contributed by atoms with E-state index in [-0.39, 0.29) is 29.8 Å². The molecule has 0 bridgehead atoms. The van der Waals surface area contributed by atoms with Crippen molar-refractivity contribution in [2.75, 3.05) is 18.0 Å². The fraction of sp³-hybridized carbons (Fsp3) is 0.394. The van der Waals surface area contributed by atoms with Gasteiger partial charge in [-0.15, -0.1) is 0 Å². The van der Waals surface area contributed by atoms with Crippen molar-refractivity contribution in [3.05, 3.63) is 88.4 Å². The van der Waals surface area contributed by atoms with Crippen LogP contribution >= 0.6 is 11.6 Å². The molecule has 3 aromatic rings. The molecule has 248 valence electrons. The number of amides is 2. The maximum atomic E-state index is 14.3. The van der Waals surface area contributed by atoms with Gasteiger partial charge in [-0.1, -0.05) is 61.2 Å². The van der Waals surface area contributed by atoms with Gasteiger partial charge in [-0.3, -0.25) is 13.9 Å². The van der Waals surface area contributed by atoms with Crippen molar-refractivity contribution < 1.29 is 35.9 Å². The number of rotatable bonds is 12. The van der Waals surface area contributed by atoms with E-state index in [2.05, 4.69) is 5.32 Å². The van der Waals surface area contributed by atoms with E-state index in [1.54, 1.807) is 50.2 Å². The summed E-state index contributed by atoms with van der Waals surface area (Å²) in [5, 5.41) is 2.40. The summed E-state index contributed by atoms with van der Waals surface area (Å²) in [6.45, 7) is 2.52. The van der Waals surface area contributed by atoms with Crippen LogP contribution in [0.25, 0.3) is 0 Å². The number of carbonyl (C=O) groups is 2. The molecule has 0 aliphatic heterocycles. The third-order valence-corrected chi connectivity index (χ3v) is 10.1. The molecule has 8 nitrogen and oxygen atoms in total. The summed E-state index contributed by atoms with van der Waals surface area (Å²) in [6.07, 6.45) is -1.11. The van der Waals surface area contributed by atoms with E-state index in [4.69, 9.17) is 16.3 Å². The fourth-order valence-electron chi connectivity index (χ4n) is 5.51. The molecule has 13 heteroatoms. The fourth-order valence-corrected chi connectivity index (χ4v) is 7.14. The van der Waals surface area contributed by atoms with Gasteiger partial charge in [0.2, 0.25) is 11.8 Å². The number of carbonyl (C=O) groups excluding carboxylic acids is 2. The van der Waals surface area contributed by atoms with Gasteiger partial charge in [0.05, 0.1) is 28.3 Å². The molecule has 3 aromatic carbocycles. The van der Waals surface area contributed by atoms with Crippen molar-refractivity contribution in [1.82, 2.24) is 10.2 Å². The molecule has 4 rings (SSSR count). The number of nitrogens with one attached hydrogen (secondary N) is 1. The minimum absolute atomic E-state index is 0.0383. The molecule has 0 unspecified atom stereocenters. The lowest BCUT2D eigenvalue weighted by Gasteiger charge is -2.34. The Hall–Kier alpha value is -3.77. The van der Waals surface area contributed by atoms with E-state index >= 15 is 0 Å². The topological polar surface area (TPSA) is 96.0 Å². The molecule has 1 saturated carbocycles. The smallest absolute Gasteiger partial charge is 0.417 e. The average molecular weight is 680 g/mol. The first kappa shape index (κ1) is 35.1. The second-order valence-corrected chi connectivity index (χ2v) is 13.5. The molecule has 46 heavy (non-hydrogen) atoms. The van der Waals surface area contributed by atoms with Crippen LogP contribution in [0.15, 0.2) is 71.6 Å². The summed E-state index contributed by atoms with van der Waals surface area (Å²) >= 11 is 5.85. The zero-order valence-electron chi connectivity index (χ0n) is 25.8. The van der Waals surface area contributed by atoms with Crippen LogP contribution in [-0.2, 0) is 32.3 Å². The minimum Gasteiger partial charge on any atom is -0.497 e. The van der Waals surface area contributed by atoms with Crippen molar-refractivity contribution in [2.45, 2.75) is 75.7 Å². The van der Waals surface area contributed by atoms with Crippen molar-refractivity contribution in [3.63, 3.8) is 0 Å². The molecule has 0 heterocycles. The van der Waals surface area contributed by atoms with E-state index in [1.807, 2.05) is 0 Å². The maximum Gasteiger partial charge on any atom is 0.417 e. The zero-order chi connectivity index (χ0) is 33.6. The molecule has 0 saturated heterocycles. The average Bonchev–Trinajstić information content (AvgIpc) is 3.52. The first-order chi connectivity index (χ1) is 21.7. The molecule has 1 aliphatic rings. The number of halogens is 4. The Kier molecular flexibility index (Phi) is 11.3. The normalized spacial score (nSPS) is 14.5. The van der Waals surface area contributed by atoms with Crippen LogP contribution in [0.2, 0.25) is 5.02 Å². The molecule has 0 aromatic heterocycles. The lowest BCUT2D eigenvalue weighted by molar-refractivity contribution is -0.140. The van der Waals surface area contributed by atoms with Crippen molar-refractivity contribution in [1.29, 1.82) is 0 Å². The summed E-state index contributed by atoms with van der Waals surface area (Å²) < 4.78 is 75.7. The van der Waals surface area contributed by atoms with Crippen molar-refractivity contribution in [2.24, 2.45) is 0 Å². The van der Waals surface area contributed by atoms with Crippen LogP contribution < -0.4 is 14.4 Å². The number of anilines is 1. The third kappa shape index (κ3) is 8.33. The van der Waals surface area contributed by atoms with Gasteiger partial charge >= 0.3 is 6.18 Å². The van der Waals surface area contributed by atoms with E-state index in [0.717, 1.165) is 43.4 Å². The third-order valence-electron chi connectivity index (χ3n) is 8.01. The Morgan fingerprint density at radius 3 is 2.33 bits per heavy atom. The van der Waals surface area contributed by atoms with Crippen molar-refractivity contribution >= 4 is 39.1 Å². The van der Waals surface area contributed by atoms with Gasteiger partial charge in [-0.2, -0.15) is 13.2 Å². The number of nitrogens with zero attached hydrogens (tertiary/aromatic N) is 2. The highest BCUT2D eigenvalue weighted by Gasteiger charge is 2.37. The molecule has 2 amide bonds. The first-order valence-corrected chi connectivity index (χ1v) is 16.7. The molecular weight excluding hydrogens is 643 g/mol. The quantitative estimate of drug-likeness (QED) is 0.229. The molecule has 1 fully saturated rings. The monoisotopic (exact) mass is 679 g/mol. The zero-order valence-corrected chi connectivity index (χ0v) is 27.4. The highest BCUT2D eigenvalue weighted by Crippen LogP contribution is 2.38. The SMILES string of the molecule is CC[C@@H](C(=O)NC1CCCC1)N(Cc1cccc(OC)c1)C(=O)CN(c1ccc(Cl)c(C(F)(F)F)c1)S(=O)(=O)c1ccc(C)cc1. The summed E-state index contributed by atoms with van der Waals surface area (Å²) in [5.74, 6) is -0.655. The van der Waals surface area contributed by atoms with Gasteiger partial charge in [0, 0.05) is 12.6 Å². The Labute approximate surface area is 272 Å². The predicted molar refractivity (Wildman–Crippen MR) is 170 cm³/mol. The van der Waals surface area contributed by atoms with Crippen LogP contribution in [0, 0.1) is 6.92 Å². The number of aryl methyl sites for hydroxylation is 1.